The second-order valence-electron chi connectivity index (χ2n) is 17.4. The van der Waals surface area contributed by atoms with Crippen LogP contribution in [0.15, 0.2) is 35.9 Å². The van der Waals surface area contributed by atoms with Gasteiger partial charge >= 0.3 is 5.97 Å². The molecule has 1 saturated heterocycles. The van der Waals surface area contributed by atoms with Crippen molar-refractivity contribution in [3.63, 3.8) is 0 Å². The Labute approximate surface area is 309 Å². The molecule has 286 valence electrons. The van der Waals surface area contributed by atoms with E-state index in [9.17, 15) is 29.4 Å². The van der Waals surface area contributed by atoms with Crippen molar-refractivity contribution in [2.75, 3.05) is 33.9 Å². The van der Waals surface area contributed by atoms with E-state index >= 15 is 0 Å². The monoisotopic (exact) mass is 720 g/mol. The molecule has 3 saturated carbocycles. The maximum Gasteiger partial charge on any atom is 0.306 e. The van der Waals surface area contributed by atoms with E-state index in [1.165, 1.54) is 5.56 Å². The van der Waals surface area contributed by atoms with E-state index in [2.05, 4.69) is 50.2 Å². The first-order chi connectivity index (χ1) is 24.6. The van der Waals surface area contributed by atoms with Crippen LogP contribution in [-0.2, 0) is 29.3 Å². The molecule has 1 aromatic rings. The number of benzene rings is 1. The zero-order chi connectivity index (χ0) is 37.6. The van der Waals surface area contributed by atoms with Crippen molar-refractivity contribution in [3.8, 4) is 5.75 Å². The summed E-state index contributed by atoms with van der Waals surface area (Å²) in [5, 5.41) is 26.6. The number of methoxy groups -OCH3 is 1. The quantitative estimate of drug-likeness (QED) is 0.272. The molecule has 1 aliphatic heterocycles. The average Bonchev–Trinajstić information content (AvgIpc) is 3.38. The van der Waals surface area contributed by atoms with Crippen LogP contribution >= 0.6 is 0 Å². The average molecular weight is 721 g/mol. The summed E-state index contributed by atoms with van der Waals surface area (Å²) in [5.74, 6) is 0.00885. The molecule has 0 unspecified atom stereocenters. The van der Waals surface area contributed by atoms with Crippen molar-refractivity contribution in [3.05, 3.63) is 41.5 Å². The maximum absolute atomic E-state index is 13.7. The third-order valence-electron chi connectivity index (χ3n) is 14.9. The van der Waals surface area contributed by atoms with Crippen molar-refractivity contribution in [2.24, 2.45) is 34.5 Å². The van der Waals surface area contributed by atoms with Gasteiger partial charge < -0.3 is 29.9 Å². The number of esters is 1. The molecular formula is C42H60N2O8. The van der Waals surface area contributed by atoms with Crippen molar-refractivity contribution in [2.45, 2.75) is 121 Å². The maximum atomic E-state index is 13.7. The van der Waals surface area contributed by atoms with Crippen LogP contribution in [-0.4, -0.2) is 90.2 Å². The Bertz CT molecular complexity index is 1580. The molecule has 1 heterocycles. The molecule has 4 fully saturated rings. The standard InChI is InChI=1S/C42H60N2O8/c1-26-24-44(5)27(2)22-41(26,28-7-10-31(51-6)11-8-28)19-20-43-36(48)13-14-37(49)52-25-35(47)42(50)18-16-33-32-12-9-29-21-30(45)15-17-39(29,3)38(32)34(46)23-40(33,42)4/h7-8,10-11,21,26-27,32-34,38,46,50H,9,12-20,22-25H2,1-6H3,(H,43,48)/t26-,27-,32+,33+,34+,38-,39+,40+,41-,42+/m1/s1. The third-order valence-corrected chi connectivity index (χ3v) is 14.9. The molecule has 10 nitrogen and oxygen atoms in total. The lowest BCUT2D eigenvalue weighted by atomic mass is 9.45. The van der Waals surface area contributed by atoms with Gasteiger partial charge in [0.15, 0.2) is 12.4 Å². The topological polar surface area (TPSA) is 142 Å². The van der Waals surface area contributed by atoms with Crippen LogP contribution < -0.4 is 10.1 Å². The Balaban J connectivity index is 1.01. The Kier molecular flexibility index (Phi) is 10.9. The summed E-state index contributed by atoms with van der Waals surface area (Å²) >= 11 is 0. The Morgan fingerprint density at radius 2 is 1.75 bits per heavy atom. The number of aliphatic hydroxyl groups is 2. The summed E-state index contributed by atoms with van der Waals surface area (Å²) in [6.45, 7) is 9.45. The molecule has 0 radical (unpaired) electrons. The first-order valence-corrected chi connectivity index (χ1v) is 19.5. The fraction of sp³-hybridized carbons (Fsp3) is 0.714. The number of hydrogen-bond donors (Lipinski definition) is 3. The highest BCUT2D eigenvalue weighted by atomic mass is 16.5. The fourth-order valence-electron chi connectivity index (χ4n) is 11.7. The molecule has 1 aromatic carbocycles. The molecular weight excluding hydrogens is 660 g/mol. The van der Waals surface area contributed by atoms with Crippen LogP contribution in [0.5, 0.6) is 5.75 Å². The van der Waals surface area contributed by atoms with E-state index < -0.39 is 35.5 Å². The van der Waals surface area contributed by atoms with Crippen LogP contribution in [0.2, 0.25) is 0 Å². The second kappa shape index (κ2) is 14.6. The van der Waals surface area contributed by atoms with Crippen molar-refractivity contribution in [1.82, 2.24) is 10.2 Å². The van der Waals surface area contributed by atoms with Gasteiger partial charge in [0.05, 0.1) is 19.6 Å². The number of Topliss-reactive ketones (excluding diaryl/α,β-unsaturated/α-hetero) is 1. The number of allylic oxidation sites excluding steroid dienone is 1. The molecule has 4 aliphatic carbocycles. The van der Waals surface area contributed by atoms with Crippen LogP contribution in [0.25, 0.3) is 0 Å². The Morgan fingerprint density at radius 3 is 2.46 bits per heavy atom. The summed E-state index contributed by atoms with van der Waals surface area (Å²) in [6, 6.07) is 8.63. The number of carbonyl (C=O) groups is 4. The third kappa shape index (κ3) is 6.66. The summed E-state index contributed by atoms with van der Waals surface area (Å²) in [7, 11) is 3.81. The number of hydrogen-bond acceptors (Lipinski definition) is 9. The van der Waals surface area contributed by atoms with Gasteiger partial charge in [-0.3, -0.25) is 19.2 Å². The van der Waals surface area contributed by atoms with Crippen LogP contribution in [0.1, 0.15) is 104 Å². The SMILES string of the molecule is COc1ccc([C@]2(CCNC(=O)CCC(=O)OCC(=O)[C@@]3(O)CC[C@H]4[C@@H]5CCC6=CC(=O)CC[C@]6(C)[C@H]5[C@@H](O)C[C@@]43C)C[C@@H](C)N(C)C[C@H]2C)cc1. The van der Waals surface area contributed by atoms with E-state index in [4.69, 9.17) is 9.47 Å². The van der Waals surface area contributed by atoms with Crippen LogP contribution in [0.4, 0.5) is 0 Å². The number of piperidine rings is 1. The van der Waals surface area contributed by atoms with E-state index in [1.807, 2.05) is 19.1 Å². The van der Waals surface area contributed by atoms with Gasteiger partial charge in [0.2, 0.25) is 11.7 Å². The minimum atomic E-state index is -1.72. The lowest BCUT2D eigenvalue weighted by Crippen LogP contribution is -2.62. The van der Waals surface area contributed by atoms with E-state index in [0.29, 0.717) is 31.3 Å². The number of fused-ring (bicyclic) bond motifs is 5. The molecule has 52 heavy (non-hydrogen) atoms. The molecule has 0 spiro atoms. The number of ketones is 2. The summed E-state index contributed by atoms with van der Waals surface area (Å²) in [5.41, 5.74) is -0.588. The van der Waals surface area contributed by atoms with Gasteiger partial charge in [-0.05, 0) is 118 Å². The van der Waals surface area contributed by atoms with E-state index in [1.54, 1.807) is 13.2 Å². The molecule has 6 rings (SSSR count). The minimum absolute atomic E-state index is 0.0237. The number of nitrogens with zero attached hydrogens (tertiary/aromatic N) is 1. The smallest absolute Gasteiger partial charge is 0.306 e. The molecule has 10 heteroatoms. The summed E-state index contributed by atoms with van der Waals surface area (Å²) in [6.07, 6.45) is 6.56. The van der Waals surface area contributed by atoms with E-state index in [0.717, 1.165) is 50.0 Å². The number of amides is 1. The van der Waals surface area contributed by atoms with Gasteiger partial charge in [-0.1, -0.05) is 38.5 Å². The summed E-state index contributed by atoms with van der Waals surface area (Å²) in [4.78, 5) is 53.9. The predicted molar refractivity (Wildman–Crippen MR) is 196 cm³/mol. The van der Waals surface area contributed by atoms with Crippen molar-refractivity contribution >= 4 is 23.4 Å². The highest BCUT2D eigenvalue weighted by Crippen LogP contribution is 2.67. The lowest BCUT2D eigenvalue weighted by molar-refractivity contribution is -0.184. The minimum Gasteiger partial charge on any atom is -0.497 e. The van der Waals surface area contributed by atoms with Crippen LogP contribution in [0, 0.1) is 34.5 Å². The lowest BCUT2D eigenvalue weighted by Gasteiger charge is -2.60. The van der Waals surface area contributed by atoms with Gasteiger partial charge in [0.1, 0.15) is 11.4 Å². The number of rotatable bonds is 11. The fourth-order valence-corrected chi connectivity index (χ4v) is 11.7. The predicted octanol–water partition coefficient (Wildman–Crippen LogP) is 4.93. The van der Waals surface area contributed by atoms with Gasteiger partial charge in [0, 0.05) is 42.8 Å². The number of aliphatic hydroxyl groups excluding tert-OH is 1. The summed E-state index contributed by atoms with van der Waals surface area (Å²) < 4.78 is 10.8. The Hall–Kier alpha value is -3.08. The zero-order valence-corrected chi connectivity index (χ0v) is 32.0. The van der Waals surface area contributed by atoms with Gasteiger partial charge in [-0.2, -0.15) is 0 Å². The normalized spacial score (nSPS) is 38.7. The van der Waals surface area contributed by atoms with E-state index in [-0.39, 0.29) is 66.0 Å². The number of likely N-dealkylation sites (tertiary alicyclic amines) is 1. The zero-order valence-electron chi connectivity index (χ0n) is 32.0. The second-order valence-corrected chi connectivity index (χ2v) is 17.4. The van der Waals surface area contributed by atoms with Gasteiger partial charge in [-0.25, -0.2) is 0 Å². The first kappa shape index (κ1) is 38.6. The van der Waals surface area contributed by atoms with Crippen LogP contribution in [0.3, 0.4) is 0 Å². The van der Waals surface area contributed by atoms with Crippen molar-refractivity contribution < 1.29 is 38.9 Å². The highest BCUT2D eigenvalue weighted by Gasteiger charge is 2.68. The molecule has 0 bridgehead atoms. The Morgan fingerprint density at radius 1 is 1.02 bits per heavy atom. The molecule has 10 atom stereocenters. The highest BCUT2D eigenvalue weighted by molar-refractivity contribution is 5.92. The number of ether oxygens (including phenoxy) is 2. The number of nitrogens with one attached hydrogen (secondary N) is 1. The molecule has 1 amide bonds. The molecule has 3 N–H and O–H groups in total. The molecule has 0 aromatic heterocycles. The molecule has 5 aliphatic rings. The number of carbonyl (C=O) groups excluding carboxylic acids is 4. The van der Waals surface area contributed by atoms with Gasteiger partial charge in [-0.15, -0.1) is 0 Å². The van der Waals surface area contributed by atoms with Crippen molar-refractivity contribution in [1.29, 1.82) is 0 Å². The first-order valence-electron chi connectivity index (χ1n) is 19.5. The van der Waals surface area contributed by atoms with Gasteiger partial charge in [0.25, 0.3) is 0 Å². The largest absolute Gasteiger partial charge is 0.497 e.